The number of carbonyl (C=O) groups excluding carboxylic acids is 1. The Labute approximate surface area is 133 Å². The van der Waals surface area contributed by atoms with Crippen LogP contribution in [0.2, 0.25) is 0 Å². The van der Waals surface area contributed by atoms with Gasteiger partial charge in [-0.1, -0.05) is 12.1 Å². The standard InChI is InChI=1S/C16H21F3N2O2/c17-16(18,19)13-3-1-2-12(9-13)14(22)10-21-15(23)8-11-4-6-20-7-5-11/h1-3,9,11,14,20,22H,4-8,10H2,(H,21,23). The van der Waals surface area contributed by atoms with Gasteiger partial charge in [0.25, 0.3) is 0 Å². The van der Waals surface area contributed by atoms with Crippen LogP contribution in [-0.4, -0.2) is 30.6 Å². The molecule has 0 aliphatic carbocycles. The van der Waals surface area contributed by atoms with Gasteiger partial charge in [-0.2, -0.15) is 13.2 Å². The molecule has 0 saturated carbocycles. The number of nitrogens with one attached hydrogen (secondary N) is 2. The molecule has 3 N–H and O–H groups in total. The number of amides is 1. The summed E-state index contributed by atoms with van der Waals surface area (Å²) in [5.74, 6) is 0.143. The van der Waals surface area contributed by atoms with Gasteiger partial charge in [-0.15, -0.1) is 0 Å². The first-order valence-corrected chi connectivity index (χ1v) is 7.69. The van der Waals surface area contributed by atoms with E-state index in [4.69, 9.17) is 0 Å². The van der Waals surface area contributed by atoms with Crippen molar-refractivity contribution in [3.05, 3.63) is 35.4 Å². The van der Waals surface area contributed by atoms with Crippen molar-refractivity contribution < 1.29 is 23.1 Å². The van der Waals surface area contributed by atoms with Crippen molar-refractivity contribution in [3.63, 3.8) is 0 Å². The zero-order valence-corrected chi connectivity index (χ0v) is 12.7. The average molecular weight is 330 g/mol. The molecule has 1 unspecified atom stereocenters. The number of halogens is 3. The number of piperidine rings is 1. The van der Waals surface area contributed by atoms with Crippen molar-refractivity contribution in [1.82, 2.24) is 10.6 Å². The third kappa shape index (κ3) is 5.51. The van der Waals surface area contributed by atoms with Crippen LogP contribution in [0.3, 0.4) is 0 Å². The van der Waals surface area contributed by atoms with Crippen LogP contribution < -0.4 is 10.6 Å². The first-order valence-electron chi connectivity index (χ1n) is 7.69. The van der Waals surface area contributed by atoms with Gasteiger partial charge in [0.15, 0.2) is 0 Å². The summed E-state index contributed by atoms with van der Waals surface area (Å²) in [5, 5.41) is 15.8. The van der Waals surface area contributed by atoms with E-state index in [9.17, 15) is 23.1 Å². The monoisotopic (exact) mass is 330 g/mol. The highest BCUT2D eigenvalue weighted by molar-refractivity contribution is 5.76. The van der Waals surface area contributed by atoms with Crippen molar-refractivity contribution in [3.8, 4) is 0 Å². The lowest BCUT2D eigenvalue weighted by atomic mass is 9.94. The largest absolute Gasteiger partial charge is 0.416 e. The second kappa shape index (κ2) is 7.79. The van der Waals surface area contributed by atoms with E-state index in [1.807, 2.05) is 0 Å². The molecular weight excluding hydrogens is 309 g/mol. The highest BCUT2D eigenvalue weighted by Gasteiger charge is 2.30. The Morgan fingerprint density at radius 2 is 2.04 bits per heavy atom. The highest BCUT2D eigenvalue weighted by Crippen LogP contribution is 2.30. The molecule has 1 aliphatic rings. The molecule has 0 radical (unpaired) electrons. The molecule has 2 rings (SSSR count). The number of rotatable bonds is 5. The van der Waals surface area contributed by atoms with Crippen LogP contribution in [0.5, 0.6) is 0 Å². The molecule has 1 atom stereocenters. The van der Waals surface area contributed by atoms with E-state index in [1.165, 1.54) is 12.1 Å². The van der Waals surface area contributed by atoms with Crippen LogP contribution in [-0.2, 0) is 11.0 Å². The van der Waals surface area contributed by atoms with Crippen LogP contribution >= 0.6 is 0 Å². The lowest BCUT2D eigenvalue weighted by molar-refractivity contribution is -0.137. The molecule has 4 nitrogen and oxygen atoms in total. The molecule has 1 amide bonds. The summed E-state index contributed by atoms with van der Waals surface area (Å²) in [6, 6.07) is 4.52. The zero-order valence-electron chi connectivity index (χ0n) is 12.7. The molecule has 0 bridgehead atoms. The summed E-state index contributed by atoms with van der Waals surface area (Å²) in [7, 11) is 0. The van der Waals surface area contributed by atoms with Gasteiger partial charge in [0, 0.05) is 13.0 Å². The molecule has 0 aromatic heterocycles. The number of carbonyl (C=O) groups is 1. The average Bonchev–Trinajstić information content (AvgIpc) is 2.53. The highest BCUT2D eigenvalue weighted by atomic mass is 19.4. The smallest absolute Gasteiger partial charge is 0.387 e. The molecule has 0 spiro atoms. The molecule has 1 heterocycles. The minimum Gasteiger partial charge on any atom is -0.387 e. The van der Waals surface area contributed by atoms with E-state index >= 15 is 0 Å². The maximum Gasteiger partial charge on any atom is 0.416 e. The molecule has 1 saturated heterocycles. The first-order chi connectivity index (χ1) is 10.9. The predicted molar refractivity (Wildman–Crippen MR) is 79.6 cm³/mol. The number of alkyl halides is 3. The van der Waals surface area contributed by atoms with Gasteiger partial charge in [-0.05, 0) is 49.5 Å². The Morgan fingerprint density at radius 3 is 2.70 bits per heavy atom. The third-order valence-electron chi connectivity index (χ3n) is 4.02. The van der Waals surface area contributed by atoms with Gasteiger partial charge in [0.05, 0.1) is 11.7 Å². The fourth-order valence-electron chi connectivity index (χ4n) is 2.67. The normalized spacial score (nSPS) is 17.7. The SMILES string of the molecule is O=C(CC1CCNCC1)NCC(O)c1cccc(C(F)(F)F)c1. The second-order valence-electron chi connectivity index (χ2n) is 5.84. The van der Waals surface area contributed by atoms with E-state index < -0.39 is 17.8 Å². The van der Waals surface area contributed by atoms with Crippen LogP contribution in [0.25, 0.3) is 0 Å². The molecule has 1 aliphatic heterocycles. The van der Waals surface area contributed by atoms with Crippen molar-refractivity contribution in [2.24, 2.45) is 5.92 Å². The summed E-state index contributed by atoms with van der Waals surface area (Å²) in [6.07, 6.45) is -3.35. The zero-order chi connectivity index (χ0) is 16.9. The van der Waals surface area contributed by atoms with Gasteiger partial charge in [-0.25, -0.2) is 0 Å². The minimum absolute atomic E-state index is 0.0921. The lowest BCUT2D eigenvalue weighted by Crippen LogP contribution is -2.33. The van der Waals surface area contributed by atoms with Crippen molar-refractivity contribution in [2.75, 3.05) is 19.6 Å². The molecule has 1 fully saturated rings. The van der Waals surface area contributed by atoms with Crippen molar-refractivity contribution in [1.29, 1.82) is 0 Å². The molecule has 1 aromatic carbocycles. The summed E-state index contributed by atoms with van der Waals surface area (Å²) >= 11 is 0. The molecule has 23 heavy (non-hydrogen) atoms. The van der Waals surface area contributed by atoms with E-state index in [1.54, 1.807) is 0 Å². The number of benzene rings is 1. The van der Waals surface area contributed by atoms with Gasteiger partial charge in [-0.3, -0.25) is 4.79 Å². The number of hydrogen-bond donors (Lipinski definition) is 3. The Balaban J connectivity index is 1.84. The maximum absolute atomic E-state index is 12.6. The minimum atomic E-state index is -4.45. The molecular formula is C16H21F3N2O2. The van der Waals surface area contributed by atoms with E-state index in [2.05, 4.69) is 10.6 Å². The number of hydrogen-bond acceptors (Lipinski definition) is 3. The van der Waals surface area contributed by atoms with Gasteiger partial charge >= 0.3 is 6.18 Å². The van der Waals surface area contributed by atoms with E-state index in [-0.39, 0.29) is 18.0 Å². The maximum atomic E-state index is 12.6. The predicted octanol–water partition coefficient (Wildman–Crippen LogP) is 2.24. The Bertz CT molecular complexity index is 528. The Hall–Kier alpha value is -1.60. The summed E-state index contributed by atoms with van der Waals surface area (Å²) in [4.78, 5) is 11.9. The number of aliphatic hydroxyl groups excluding tert-OH is 1. The fraction of sp³-hybridized carbons (Fsp3) is 0.562. The van der Waals surface area contributed by atoms with Gasteiger partial charge in [0.1, 0.15) is 0 Å². The first kappa shape index (κ1) is 17.7. The van der Waals surface area contributed by atoms with Crippen LogP contribution in [0, 0.1) is 5.92 Å². The van der Waals surface area contributed by atoms with Gasteiger partial charge < -0.3 is 15.7 Å². The van der Waals surface area contributed by atoms with Crippen molar-refractivity contribution >= 4 is 5.91 Å². The topological polar surface area (TPSA) is 61.4 Å². The molecule has 7 heteroatoms. The fourth-order valence-corrected chi connectivity index (χ4v) is 2.67. The van der Waals surface area contributed by atoms with Crippen LogP contribution in [0.1, 0.15) is 36.5 Å². The van der Waals surface area contributed by atoms with Gasteiger partial charge in [0.2, 0.25) is 5.91 Å². The lowest BCUT2D eigenvalue weighted by Gasteiger charge is -2.22. The van der Waals surface area contributed by atoms with Crippen LogP contribution in [0.4, 0.5) is 13.2 Å². The number of aliphatic hydroxyl groups is 1. The Morgan fingerprint density at radius 1 is 1.35 bits per heavy atom. The summed E-state index contributed by atoms with van der Waals surface area (Å²) in [5.41, 5.74) is -0.669. The van der Waals surface area contributed by atoms with E-state index in [0.29, 0.717) is 12.3 Å². The summed E-state index contributed by atoms with van der Waals surface area (Å²) in [6.45, 7) is 1.70. The summed E-state index contributed by atoms with van der Waals surface area (Å²) < 4.78 is 37.9. The molecule has 1 aromatic rings. The van der Waals surface area contributed by atoms with Crippen LogP contribution in [0.15, 0.2) is 24.3 Å². The van der Waals surface area contributed by atoms with Crippen molar-refractivity contribution in [2.45, 2.75) is 31.5 Å². The molecule has 128 valence electrons. The Kier molecular flexibility index (Phi) is 6.01. The quantitative estimate of drug-likeness (QED) is 0.776. The van der Waals surface area contributed by atoms with E-state index in [0.717, 1.165) is 38.1 Å². The third-order valence-corrected chi connectivity index (χ3v) is 4.02. The second-order valence-corrected chi connectivity index (χ2v) is 5.84.